The minimum absolute atomic E-state index is 0.0376. The van der Waals surface area contributed by atoms with Crippen molar-refractivity contribution in [2.75, 3.05) is 27.1 Å². The summed E-state index contributed by atoms with van der Waals surface area (Å²) < 4.78 is 25.9. The Bertz CT molecular complexity index is 1680. The maximum absolute atomic E-state index is 13.9. The number of hydrogen-bond acceptors (Lipinski definition) is 12. The number of piperazine rings is 1. The van der Waals surface area contributed by atoms with Gasteiger partial charge in [-0.3, -0.25) is 14.6 Å². The van der Waals surface area contributed by atoms with Crippen LogP contribution in [-0.4, -0.2) is 86.2 Å². The molecule has 4 heterocycles. The van der Waals surface area contributed by atoms with Gasteiger partial charge in [-0.15, -0.1) is 0 Å². The molecule has 1 saturated heterocycles. The summed E-state index contributed by atoms with van der Waals surface area (Å²) in [4.78, 5) is 28.9. The summed E-state index contributed by atoms with van der Waals surface area (Å²) in [6.45, 7) is 3.46. The maximum atomic E-state index is 13.9. The minimum Gasteiger partial charge on any atom is -0.507 e. The van der Waals surface area contributed by atoms with Gasteiger partial charge in [-0.05, 0) is 31.4 Å². The summed E-state index contributed by atoms with van der Waals surface area (Å²) in [5.41, 5.74) is 2.06. The molecule has 3 N–H and O–H groups in total. The molecule has 0 spiro atoms. The number of aliphatic hydroxyl groups is 1. The van der Waals surface area contributed by atoms with Gasteiger partial charge in [0.2, 0.25) is 10.6 Å². The van der Waals surface area contributed by atoms with Crippen molar-refractivity contribution in [3.8, 4) is 34.8 Å². The summed E-state index contributed by atoms with van der Waals surface area (Å²) in [5, 5.41) is 46.2. The monoisotopic (exact) mass is 697 g/mol. The molecule has 2 bridgehead atoms. The Morgan fingerprint density at radius 2 is 1.80 bits per heavy atom. The lowest BCUT2D eigenvalue weighted by molar-refractivity contribution is -0.151. The number of nitriles is 1. The number of esters is 1. The van der Waals surface area contributed by atoms with Crippen LogP contribution in [0.3, 0.4) is 0 Å². The van der Waals surface area contributed by atoms with Gasteiger partial charge in [-0.2, -0.15) is 5.26 Å². The van der Waals surface area contributed by atoms with Crippen molar-refractivity contribution >= 4 is 46.9 Å². The number of benzene rings is 2. The van der Waals surface area contributed by atoms with Gasteiger partial charge < -0.3 is 39.0 Å². The van der Waals surface area contributed by atoms with Crippen LogP contribution in [0.1, 0.15) is 58.5 Å². The highest BCUT2D eigenvalue weighted by Gasteiger charge is 2.62. The molecule has 0 radical (unpaired) electrons. The van der Waals surface area contributed by atoms with Crippen LogP contribution in [0.5, 0.6) is 28.7 Å². The van der Waals surface area contributed by atoms with E-state index in [-0.39, 0.29) is 65.3 Å². The fourth-order valence-corrected chi connectivity index (χ4v) is 7.59. The molecular formula is C30H30Cl3N3O10. The Kier molecular flexibility index (Phi) is 8.18. The Hall–Kier alpha value is -3.54. The van der Waals surface area contributed by atoms with Crippen LogP contribution < -0.4 is 14.2 Å². The van der Waals surface area contributed by atoms with E-state index in [4.69, 9.17) is 58.5 Å². The first-order chi connectivity index (χ1) is 21.7. The number of amides is 1. The quantitative estimate of drug-likeness (QED) is 0.308. The highest BCUT2D eigenvalue weighted by Crippen LogP contribution is 2.61. The van der Waals surface area contributed by atoms with E-state index in [0.29, 0.717) is 16.7 Å². The topological polar surface area (TPSA) is 171 Å². The van der Waals surface area contributed by atoms with E-state index in [9.17, 15) is 30.2 Å². The lowest BCUT2D eigenvalue weighted by atomic mass is 9.70. The van der Waals surface area contributed by atoms with Crippen molar-refractivity contribution in [3.63, 3.8) is 0 Å². The maximum Gasteiger partial charge on any atom is 0.410 e. The second-order valence-electron chi connectivity index (χ2n) is 11.6. The molecule has 0 aliphatic carbocycles. The number of nitrogens with zero attached hydrogens (tertiary/aromatic N) is 3. The normalized spacial score (nSPS) is 25.9. The summed E-state index contributed by atoms with van der Waals surface area (Å²) in [6, 6.07) is -1.40. The summed E-state index contributed by atoms with van der Waals surface area (Å²) in [5.74, 6) is -0.573. The third-order valence-corrected chi connectivity index (χ3v) is 9.39. The fourth-order valence-electron chi connectivity index (χ4n) is 7.43. The van der Waals surface area contributed by atoms with E-state index in [1.54, 1.807) is 24.8 Å². The second-order valence-corrected chi connectivity index (χ2v) is 14.1. The van der Waals surface area contributed by atoms with Gasteiger partial charge in [0, 0.05) is 29.2 Å². The average Bonchev–Trinajstić information content (AvgIpc) is 3.47. The number of aromatic hydroxyl groups is 2. The minimum atomic E-state index is -1.95. The number of carbonyl (C=O) groups is 2. The van der Waals surface area contributed by atoms with E-state index in [1.807, 2.05) is 0 Å². The number of phenols is 2. The Labute approximate surface area is 278 Å². The molecule has 16 heteroatoms. The zero-order chi connectivity index (χ0) is 33.4. The molecule has 4 aliphatic rings. The number of fused-ring (bicyclic) bond motifs is 9. The van der Waals surface area contributed by atoms with Crippen LogP contribution in [0.4, 0.5) is 4.79 Å². The lowest BCUT2D eigenvalue weighted by Gasteiger charge is -2.60. The van der Waals surface area contributed by atoms with Crippen LogP contribution in [-0.2, 0) is 20.7 Å². The largest absolute Gasteiger partial charge is 0.507 e. The second kappa shape index (κ2) is 11.6. The van der Waals surface area contributed by atoms with Crippen molar-refractivity contribution < 1.29 is 48.6 Å². The average molecular weight is 699 g/mol. The number of aryl methyl sites for hydroxylation is 1. The Morgan fingerprint density at radius 1 is 1.11 bits per heavy atom. The molecule has 0 unspecified atom stereocenters. The van der Waals surface area contributed by atoms with Gasteiger partial charge in [0.1, 0.15) is 31.1 Å². The number of hydrogen-bond donors (Lipinski definition) is 3. The molecule has 2 aromatic rings. The third-order valence-electron chi connectivity index (χ3n) is 9.06. The highest BCUT2D eigenvalue weighted by molar-refractivity contribution is 6.67. The van der Waals surface area contributed by atoms with Crippen molar-refractivity contribution in [1.29, 1.82) is 5.26 Å². The van der Waals surface area contributed by atoms with Gasteiger partial charge in [0.05, 0.1) is 37.3 Å². The van der Waals surface area contributed by atoms with Crippen molar-refractivity contribution in [1.82, 2.24) is 9.80 Å². The van der Waals surface area contributed by atoms with E-state index >= 15 is 0 Å². The molecule has 6 atom stereocenters. The summed E-state index contributed by atoms with van der Waals surface area (Å²) in [7, 11) is 1.39. The number of carbonyl (C=O) groups excluding carboxylic acids is 2. The molecule has 46 heavy (non-hydrogen) atoms. The van der Waals surface area contributed by atoms with Gasteiger partial charge in [0.25, 0.3) is 0 Å². The number of halogens is 3. The molecule has 246 valence electrons. The molecule has 13 nitrogen and oxygen atoms in total. The molecular weight excluding hydrogens is 669 g/mol. The first-order valence-corrected chi connectivity index (χ1v) is 15.4. The molecule has 0 aromatic heterocycles. The van der Waals surface area contributed by atoms with Crippen molar-refractivity contribution in [2.45, 2.75) is 67.3 Å². The van der Waals surface area contributed by atoms with Crippen LogP contribution in [0.2, 0.25) is 0 Å². The van der Waals surface area contributed by atoms with E-state index < -0.39 is 58.8 Å². The number of rotatable bonds is 4. The first kappa shape index (κ1) is 32.4. The molecule has 1 fully saturated rings. The predicted octanol–water partition coefficient (Wildman–Crippen LogP) is 4.15. The van der Waals surface area contributed by atoms with Gasteiger partial charge in [0.15, 0.2) is 23.0 Å². The van der Waals surface area contributed by atoms with Gasteiger partial charge in [-0.1, -0.05) is 40.9 Å². The fraction of sp³-hybridized carbons (Fsp3) is 0.500. The number of phenolic OH excluding ortho intramolecular Hbond substituents is 2. The first-order valence-electron chi connectivity index (χ1n) is 14.3. The van der Waals surface area contributed by atoms with Crippen LogP contribution in [0.25, 0.3) is 0 Å². The van der Waals surface area contributed by atoms with Crippen molar-refractivity contribution in [2.24, 2.45) is 0 Å². The van der Waals surface area contributed by atoms with Crippen LogP contribution in [0.15, 0.2) is 6.07 Å². The van der Waals surface area contributed by atoms with Crippen LogP contribution in [0, 0.1) is 25.2 Å². The summed E-state index contributed by atoms with van der Waals surface area (Å²) >= 11 is 17.7. The van der Waals surface area contributed by atoms with Gasteiger partial charge >= 0.3 is 12.1 Å². The predicted molar refractivity (Wildman–Crippen MR) is 161 cm³/mol. The zero-order valence-corrected chi connectivity index (χ0v) is 27.3. The smallest absolute Gasteiger partial charge is 0.410 e. The molecule has 6 rings (SSSR count). The Morgan fingerprint density at radius 3 is 2.43 bits per heavy atom. The molecule has 4 aliphatic heterocycles. The number of methoxy groups -OCH3 is 1. The van der Waals surface area contributed by atoms with E-state index in [0.717, 1.165) is 0 Å². The molecule has 1 amide bonds. The summed E-state index contributed by atoms with van der Waals surface area (Å²) in [6.07, 6.45) is -2.49. The van der Waals surface area contributed by atoms with E-state index in [2.05, 4.69) is 6.07 Å². The van der Waals surface area contributed by atoms with Crippen molar-refractivity contribution in [3.05, 3.63) is 39.4 Å². The van der Waals surface area contributed by atoms with E-state index in [1.165, 1.54) is 18.9 Å². The molecule has 2 aromatic carbocycles. The molecule has 0 saturated carbocycles. The SMILES string of the molecule is COc1c(C)cc2c(c1O)[C@H]1[C@@H]3[C@H](O)c4c(O)c(C)c5c(c4[C@H](COC(C)=O)N3[C@@H](C#N)[C@H](C2)N1C(=O)OCC(Cl)(Cl)Cl)OCO5. The van der Waals surface area contributed by atoms with Crippen LogP contribution >= 0.6 is 34.8 Å². The van der Waals surface area contributed by atoms with Gasteiger partial charge in [-0.25, -0.2) is 4.79 Å². The third kappa shape index (κ3) is 4.89. The highest BCUT2D eigenvalue weighted by atomic mass is 35.6. The zero-order valence-electron chi connectivity index (χ0n) is 25.0. The number of alkyl halides is 3. The number of ether oxygens (including phenoxy) is 5. The number of aliphatic hydroxyl groups excluding tert-OH is 1. The standard InChI is InChI=1S/C30H30Cl3N3O10/c1-11-5-14-6-15-16(7-34)35-17(8-43-13(3)37)19-20(23(38)12(2)27-28(19)46-10-45-27)24(39)22(35)21(18(14)25(40)26(11)42-4)36(15)29(41)44-9-30(31,32)33/h5,15-17,21-22,24,38-40H,6,8-10H2,1-4H3/t15-,16-,17-,21-,22+,24+/m0/s1. The Balaban J connectivity index is 1.64. The lowest BCUT2D eigenvalue weighted by Crippen LogP contribution is -2.71.